The predicted molar refractivity (Wildman–Crippen MR) is 78.6 cm³/mol. The van der Waals surface area contributed by atoms with Crippen LogP contribution in [0.25, 0.3) is 0 Å². The molecule has 0 amide bonds. The number of esters is 1. The Hall–Kier alpha value is -0.610. The highest BCUT2D eigenvalue weighted by molar-refractivity contribution is 5.77. The molecule has 0 radical (unpaired) electrons. The molecular formula is C16H28N2O2. The molecule has 0 aromatic rings. The summed E-state index contributed by atoms with van der Waals surface area (Å²) in [6, 6.07) is 0.0573. The fraction of sp³-hybridized carbons (Fsp3) is 0.938. The van der Waals surface area contributed by atoms with Gasteiger partial charge in [0.25, 0.3) is 0 Å². The van der Waals surface area contributed by atoms with E-state index in [0.717, 1.165) is 25.4 Å². The molecule has 0 bridgehead atoms. The summed E-state index contributed by atoms with van der Waals surface area (Å²) < 4.78 is 5.13. The lowest BCUT2D eigenvalue weighted by molar-refractivity contribution is -0.142. The minimum absolute atomic E-state index is 0.0143. The van der Waals surface area contributed by atoms with Crippen molar-refractivity contribution in [1.29, 1.82) is 0 Å². The molecule has 3 fully saturated rings. The van der Waals surface area contributed by atoms with Gasteiger partial charge in [0.05, 0.1) is 6.61 Å². The lowest BCUT2D eigenvalue weighted by atomic mass is 9.95. The van der Waals surface area contributed by atoms with Crippen LogP contribution in [0.3, 0.4) is 0 Å². The van der Waals surface area contributed by atoms with Crippen molar-refractivity contribution in [2.45, 2.75) is 51.0 Å². The number of hydrogen-bond acceptors (Lipinski definition) is 4. The van der Waals surface area contributed by atoms with E-state index in [4.69, 9.17) is 4.74 Å². The SMILES string of the molecule is O=C1OCC[C@H]1N1CCC[C@@H](CN2CCCCCC2)C1. The van der Waals surface area contributed by atoms with Gasteiger partial charge in [-0.05, 0) is 51.2 Å². The van der Waals surface area contributed by atoms with Crippen molar-refractivity contribution in [1.82, 2.24) is 9.80 Å². The first-order valence-corrected chi connectivity index (χ1v) is 8.46. The van der Waals surface area contributed by atoms with E-state index in [2.05, 4.69) is 9.80 Å². The van der Waals surface area contributed by atoms with E-state index in [9.17, 15) is 4.79 Å². The normalized spacial score (nSPS) is 33.9. The topological polar surface area (TPSA) is 32.8 Å². The summed E-state index contributed by atoms with van der Waals surface area (Å²) in [7, 11) is 0. The summed E-state index contributed by atoms with van der Waals surface area (Å²) in [5.41, 5.74) is 0. The molecule has 3 heterocycles. The van der Waals surface area contributed by atoms with Crippen molar-refractivity contribution < 1.29 is 9.53 Å². The van der Waals surface area contributed by atoms with Crippen molar-refractivity contribution in [3.05, 3.63) is 0 Å². The first kappa shape index (κ1) is 14.3. The van der Waals surface area contributed by atoms with Crippen LogP contribution in [-0.4, -0.2) is 61.1 Å². The average molecular weight is 280 g/mol. The Morgan fingerprint density at radius 3 is 2.50 bits per heavy atom. The molecule has 0 aliphatic carbocycles. The van der Waals surface area contributed by atoms with Crippen molar-refractivity contribution >= 4 is 5.97 Å². The number of carbonyl (C=O) groups is 1. The Morgan fingerprint density at radius 1 is 1.00 bits per heavy atom. The second-order valence-electron chi connectivity index (χ2n) is 6.69. The maximum atomic E-state index is 11.7. The largest absolute Gasteiger partial charge is 0.464 e. The van der Waals surface area contributed by atoms with E-state index < -0.39 is 0 Å². The molecule has 3 rings (SSSR count). The first-order chi connectivity index (χ1) is 9.83. The van der Waals surface area contributed by atoms with Crippen LogP contribution >= 0.6 is 0 Å². The number of nitrogens with zero attached hydrogens (tertiary/aromatic N) is 2. The molecule has 20 heavy (non-hydrogen) atoms. The van der Waals surface area contributed by atoms with Crippen LogP contribution in [0.15, 0.2) is 0 Å². The summed E-state index contributed by atoms with van der Waals surface area (Å²) in [5, 5.41) is 0. The van der Waals surface area contributed by atoms with E-state index in [0.29, 0.717) is 6.61 Å². The third-order valence-electron chi connectivity index (χ3n) is 5.11. The maximum absolute atomic E-state index is 11.7. The van der Waals surface area contributed by atoms with E-state index >= 15 is 0 Å². The van der Waals surface area contributed by atoms with Crippen LogP contribution in [0.1, 0.15) is 44.9 Å². The number of rotatable bonds is 3. The van der Waals surface area contributed by atoms with Crippen molar-refractivity contribution in [3.8, 4) is 0 Å². The summed E-state index contributed by atoms with van der Waals surface area (Å²) in [6.45, 7) is 6.59. The molecule has 4 heteroatoms. The third-order valence-corrected chi connectivity index (χ3v) is 5.11. The highest BCUT2D eigenvalue weighted by Gasteiger charge is 2.35. The van der Waals surface area contributed by atoms with Crippen LogP contribution < -0.4 is 0 Å². The zero-order valence-corrected chi connectivity index (χ0v) is 12.6. The molecule has 114 valence electrons. The molecule has 0 aromatic carbocycles. The van der Waals surface area contributed by atoms with Gasteiger partial charge >= 0.3 is 5.97 Å². The average Bonchev–Trinajstić information content (AvgIpc) is 2.72. The molecule has 0 N–H and O–H groups in total. The number of hydrogen-bond donors (Lipinski definition) is 0. The lowest BCUT2D eigenvalue weighted by Crippen LogP contribution is -2.47. The van der Waals surface area contributed by atoms with Gasteiger partial charge in [-0.1, -0.05) is 12.8 Å². The van der Waals surface area contributed by atoms with Gasteiger partial charge in [-0.15, -0.1) is 0 Å². The van der Waals surface area contributed by atoms with Gasteiger partial charge < -0.3 is 9.64 Å². The summed E-state index contributed by atoms with van der Waals surface area (Å²) >= 11 is 0. The number of ether oxygens (including phenoxy) is 1. The zero-order valence-electron chi connectivity index (χ0n) is 12.6. The first-order valence-electron chi connectivity index (χ1n) is 8.46. The summed E-state index contributed by atoms with van der Waals surface area (Å²) in [5.74, 6) is 0.760. The van der Waals surface area contributed by atoms with Gasteiger partial charge in [-0.2, -0.15) is 0 Å². The molecular weight excluding hydrogens is 252 g/mol. The van der Waals surface area contributed by atoms with Gasteiger partial charge in [0, 0.05) is 19.5 Å². The van der Waals surface area contributed by atoms with Gasteiger partial charge in [0.15, 0.2) is 0 Å². The maximum Gasteiger partial charge on any atom is 0.323 e. The van der Waals surface area contributed by atoms with Crippen LogP contribution in [0.2, 0.25) is 0 Å². The Balaban J connectivity index is 1.51. The third kappa shape index (κ3) is 3.53. The smallest absolute Gasteiger partial charge is 0.323 e. The van der Waals surface area contributed by atoms with E-state index in [1.165, 1.54) is 58.2 Å². The number of likely N-dealkylation sites (tertiary alicyclic amines) is 2. The molecule has 3 aliphatic heterocycles. The zero-order chi connectivity index (χ0) is 13.8. The molecule has 0 spiro atoms. The monoisotopic (exact) mass is 280 g/mol. The second kappa shape index (κ2) is 6.90. The van der Waals surface area contributed by atoms with Crippen LogP contribution in [0, 0.1) is 5.92 Å². The number of piperidine rings is 1. The van der Waals surface area contributed by atoms with Crippen LogP contribution in [0.5, 0.6) is 0 Å². The molecule has 3 saturated heterocycles. The predicted octanol–water partition coefficient (Wildman–Crippen LogP) is 1.89. The van der Waals surface area contributed by atoms with Crippen molar-refractivity contribution in [2.24, 2.45) is 5.92 Å². The molecule has 2 atom stereocenters. The van der Waals surface area contributed by atoms with E-state index in [1.54, 1.807) is 0 Å². The quantitative estimate of drug-likeness (QED) is 0.739. The summed E-state index contributed by atoms with van der Waals surface area (Å²) in [6.07, 6.45) is 9.01. The minimum Gasteiger partial charge on any atom is -0.464 e. The molecule has 0 aromatic heterocycles. The van der Waals surface area contributed by atoms with Gasteiger partial charge in [-0.3, -0.25) is 9.69 Å². The van der Waals surface area contributed by atoms with Crippen molar-refractivity contribution in [2.75, 3.05) is 39.3 Å². The Kier molecular flexibility index (Phi) is 4.94. The molecule has 0 saturated carbocycles. The van der Waals surface area contributed by atoms with Gasteiger partial charge in [0.1, 0.15) is 6.04 Å². The van der Waals surface area contributed by atoms with Crippen molar-refractivity contribution in [3.63, 3.8) is 0 Å². The molecule has 4 nitrogen and oxygen atoms in total. The van der Waals surface area contributed by atoms with Crippen LogP contribution in [0.4, 0.5) is 0 Å². The second-order valence-corrected chi connectivity index (χ2v) is 6.69. The molecule has 0 unspecified atom stereocenters. The van der Waals surface area contributed by atoms with E-state index in [1.807, 2.05) is 0 Å². The van der Waals surface area contributed by atoms with E-state index in [-0.39, 0.29) is 12.0 Å². The highest BCUT2D eigenvalue weighted by atomic mass is 16.5. The Labute approximate surface area is 122 Å². The molecule has 3 aliphatic rings. The lowest BCUT2D eigenvalue weighted by Gasteiger charge is -2.37. The number of carbonyl (C=O) groups excluding carboxylic acids is 1. The summed E-state index contributed by atoms with van der Waals surface area (Å²) in [4.78, 5) is 16.8. The minimum atomic E-state index is 0.0143. The van der Waals surface area contributed by atoms with Gasteiger partial charge in [0.2, 0.25) is 0 Å². The van der Waals surface area contributed by atoms with Crippen LogP contribution in [-0.2, 0) is 9.53 Å². The Bertz CT molecular complexity index is 326. The highest BCUT2D eigenvalue weighted by Crippen LogP contribution is 2.24. The fourth-order valence-corrected chi connectivity index (χ4v) is 4.03. The standard InChI is InChI=1S/C16H28N2O2/c19-16-15(7-11-20-16)18-10-5-6-14(13-18)12-17-8-3-1-2-4-9-17/h14-15H,1-13H2/t14-,15+/m0/s1. The van der Waals surface area contributed by atoms with Gasteiger partial charge in [-0.25, -0.2) is 0 Å². The number of cyclic esters (lactones) is 1. The fourth-order valence-electron chi connectivity index (χ4n) is 4.03. The Morgan fingerprint density at radius 2 is 1.80 bits per heavy atom.